The Morgan fingerprint density at radius 1 is 1.21 bits per heavy atom. The van der Waals surface area contributed by atoms with Crippen LogP contribution in [0.4, 0.5) is 14.5 Å². The number of rotatable bonds is 3. The molecule has 1 amide bonds. The maximum absolute atomic E-state index is 13.5. The molecule has 0 saturated carbocycles. The molecule has 0 spiro atoms. The number of hydrogen-bond donors (Lipinski definition) is 1. The molecule has 3 nitrogen and oxygen atoms in total. The third-order valence-corrected chi connectivity index (χ3v) is 3.58. The van der Waals surface area contributed by atoms with Gasteiger partial charge in [-0.1, -0.05) is 17.7 Å². The number of anilines is 1. The second kappa shape index (κ2) is 6.84. The zero-order chi connectivity index (χ0) is 17.1. The Morgan fingerprint density at radius 2 is 2.04 bits per heavy atom. The van der Waals surface area contributed by atoms with Crippen LogP contribution in [0.5, 0.6) is 5.75 Å². The second-order valence-corrected chi connectivity index (χ2v) is 5.57. The average molecular weight is 348 g/mol. The summed E-state index contributed by atoms with van der Waals surface area (Å²) in [4.78, 5) is 11.8. The number of halogens is 3. The molecule has 0 atom stereocenters. The lowest BCUT2D eigenvalue weighted by atomic mass is 10.1. The van der Waals surface area contributed by atoms with Crippen molar-refractivity contribution in [1.29, 1.82) is 0 Å². The van der Waals surface area contributed by atoms with Gasteiger partial charge < -0.3 is 10.1 Å². The minimum absolute atomic E-state index is 0.212. The van der Waals surface area contributed by atoms with Gasteiger partial charge in [0.25, 0.3) is 0 Å². The number of fused-ring (bicyclic) bond motifs is 1. The fourth-order valence-electron chi connectivity index (χ4n) is 2.21. The summed E-state index contributed by atoms with van der Waals surface area (Å²) in [5.74, 6) is -1.20. The third-order valence-electron chi connectivity index (χ3n) is 3.34. The monoisotopic (exact) mass is 347 g/mol. The van der Waals surface area contributed by atoms with Crippen molar-refractivity contribution in [2.24, 2.45) is 0 Å². The van der Waals surface area contributed by atoms with Crippen molar-refractivity contribution < 1.29 is 18.3 Å². The molecule has 0 radical (unpaired) electrons. The van der Waals surface area contributed by atoms with E-state index in [1.807, 2.05) is 6.08 Å². The van der Waals surface area contributed by atoms with Crippen molar-refractivity contribution in [3.05, 3.63) is 76.3 Å². The van der Waals surface area contributed by atoms with Gasteiger partial charge in [0, 0.05) is 22.7 Å². The molecule has 2 aromatic rings. The van der Waals surface area contributed by atoms with Crippen LogP contribution in [0.2, 0.25) is 5.02 Å². The zero-order valence-electron chi connectivity index (χ0n) is 12.4. The Kier molecular flexibility index (Phi) is 4.62. The fraction of sp³-hybridized carbons (Fsp3) is 0.0556. The zero-order valence-corrected chi connectivity index (χ0v) is 13.1. The van der Waals surface area contributed by atoms with E-state index in [0.29, 0.717) is 17.4 Å². The number of carbonyl (C=O) groups is 1. The molecule has 24 heavy (non-hydrogen) atoms. The van der Waals surface area contributed by atoms with Crippen LogP contribution in [-0.4, -0.2) is 12.5 Å². The second-order valence-electron chi connectivity index (χ2n) is 5.14. The molecule has 122 valence electrons. The van der Waals surface area contributed by atoms with Crippen molar-refractivity contribution >= 4 is 29.3 Å². The molecule has 0 bridgehead atoms. The van der Waals surface area contributed by atoms with E-state index < -0.39 is 17.5 Å². The van der Waals surface area contributed by atoms with Gasteiger partial charge in [-0.05, 0) is 42.0 Å². The molecule has 3 rings (SSSR count). The molecule has 0 unspecified atom stereocenters. The minimum atomic E-state index is -0.707. The molecule has 1 aliphatic heterocycles. The maximum atomic E-state index is 13.5. The summed E-state index contributed by atoms with van der Waals surface area (Å²) in [6.07, 6.45) is 4.63. The van der Waals surface area contributed by atoms with E-state index in [1.165, 1.54) is 6.08 Å². The summed E-state index contributed by atoms with van der Waals surface area (Å²) < 4.78 is 32.1. The summed E-state index contributed by atoms with van der Waals surface area (Å²) >= 11 is 5.94. The van der Waals surface area contributed by atoms with Gasteiger partial charge >= 0.3 is 0 Å². The molecule has 2 aromatic carbocycles. The van der Waals surface area contributed by atoms with E-state index in [2.05, 4.69) is 5.32 Å². The van der Waals surface area contributed by atoms with Crippen molar-refractivity contribution in [3.8, 4) is 5.75 Å². The molecular weight excluding hydrogens is 336 g/mol. The summed E-state index contributed by atoms with van der Waals surface area (Å²) in [5, 5.41) is 2.87. The first-order chi connectivity index (χ1) is 11.5. The van der Waals surface area contributed by atoms with Gasteiger partial charge in [-0.25, -0.2) is 8.78 Å². The highest BCUT2D eigenvalue weighted by molar-refractivity contribution is 6.30. The van der Waals surface area contributed by atoms with Crippen LogP contribution in [0, 0.1) is 11.6 Å². The number of amides is 1. The van der Waals surface area contributed by atoms with Crippen molar-refractivity contribution in [3.63, 3.8) is 0 Å². The predicted octanol–water partition coefficient (Wildman–Crippen LogP) is 4.59. The van der Waals surface area contributed by atoms with Crippen LogP contribution in [0.15, 0.2) is 54.1 Å². The van der Waals surface area contributed by atoms with Crippen molar-refractivity contribution in [1.82, 2.24) is 0 Å². The number of hydrogen-bond acceptors (Lipinski definition) is 2. The van der Waals surface area contributed by atoms with Gasteiger partial charge in [0.15, 0.2) is 0 Å². The van der Waals surface area contributed by atoms with E-state index in [0.717, 1.165) is 29.3 Å². The van der Waals surface area contributed by atoms with E-state index in [-0.39, 0.29) is 5.69 Å². The van der Waals surface area contributed by atoms with Crippen molar-refractivity contribution in [2.45, 2.75) is 0 Å². The first-order valence-corrected chi connectivity index (χ1v) is 7.46. The van der Waals surface area contributed by atoms with Gasteiger partial charge in [0.05, 0.1) is 5.69 Å². The summed E-state index contributed by atoms with van der Waals surface area (Å²) in [5.41, 5.74) is 1.35. The van der Waals surface area contributed by atoms with E-state index in [1.54, 1.807) is 24.3 Å². The minimum Gasteiger partial charge on any atom is -0.488 e. The van der Waals surface area contributed by atoms with E-state index >= 15 is 0 Å². The lowest BCUT2D eigenvalue weighted by Crippen LogP contribution is -2.11. The smallest absolute Gasteiger partial charge is 0.248 e. The molecule has 1 heterocycles. The Bertz CT molecular complexity index is 862. The predicted molar refractivity (Wildman–Crippen MR) is 89.1 cm³/mol. The Balaban J connectivity index is 1.72. The standard InChI is InChI=1S/C18H12ClF2NO2/c19-13-2-5-17-12(8-13)7-11(10-24-17)1-6-18(23)22-16-9-14(20)3-4-15(16)21/h1-9H,10H2,(H,22,23)/b6-1+. The molecule has 6 heteroatoms. The van der Waals surface area contributed by atoms with Crippen LogP contribution < -0.4 is 10.1 Å². The quantitative estimate of drug-likeness (QED) is 0.825. The Morgan fingerprint density at radius 3 is 2.88 bits per heavy atom. The van der Waals surface area contributed by atoms with Gasteiger partial charge in [-0.2, -0.15) is 0 Å². The van der Waals surface area contributed by atoms with Crippen molar-refractivity contribution in [2.75, 3.05) is 11.9 Å². The van der Waals surface area contributed by atoms with Crippen LogP contribution in [0.25, 0.3) is 6.08 Å². The fourth-order valence-corrected chi connectivity index (χ4v) is 2.39. The molecular formula is C18H12ClF2NO2. The third kappa shape index (κ3) is 3.81. The number of ether oxygens (including phenoxy) is 1. The summed E-state index contributed by atoms with van der Waals surface area (Å²) in [6.45, 7) is 0.298. The topological polar surface area (TPSA) is 38.3 Å². The first-order valence-electron chi connectivity index (χ1n) is 7.08. The lowest BCUT2D eigenvalue weighted by Gasteiger charge is -2.16. The van der Waals surface area contributed by atoms with Gasteiger partial charge in [0.2, 0.25) is 5.91 Å². The SMILES string of the molecule is O=C(/C=C/C1=Cc2cc(Cl)ccc2OC1)Nc1cc(F)ccc1F. The first kappa shape index (κ1) is 16.2. The summed E-state index contributed by atoms with van der Waals surface area (Å²) in [7, 11) is 0. The molecule has 1 aliphatic rings. The van der Waals surface area contributed by atoms with Crippen LogP contribution in [-0.2, 0) is 4.79 Å². The average Bonchev–Trinajstić information content (AvgIpc) is 2.56. The highest BCUT2D eigenvalue weighted by Crippen LogP contribution is 2.29. The van der Waals surface area contributed by atoms with Gasteiger partial charge in [-0.15, -0.1) is 0 Å². The largest absolute Gasteiger partial charge is 0.488 e. The molecule has 0 saturated heterocycles. The lowest BCUT2D eigenvalue weighted by molar-refractivity contribution is -0.111. The Hall–Kier alpha value is -2.66. The molecule has 0 aromatic heterocycles. The molecule has 0 aliphatic carbocycles. The van der Waals surface area contributed by atoms with Crippen LogP contribution in [0.1, 0.15) is 5.56 Å². The normalized spacial score (nSPS) is 13.2. The highest BCUT2D eigenvalue weighted by Gasteiger charge is 2.11. The van der Waals surface area contributed by atoms with Gasteiger partial charge in [-0.3, -0.25) is 4.79 Å². The number of nitrogens with one attached hydrogen (secondary N) is 1. The van der Waals surface area contributed by atoms with Crippen LogP contribution >= 0.6 is 11.6 Å². The number of carbonyl (C=O) groups excluding carboxylic acids is 1. The van der Waals surface area contributed by atoms with Crippen LogP contribution in [0.3, 0.4) is 0 Å². The maximum Gasteiger partial charge on any atom is 0.248 e. The number of benzene rings is 2. The Labute approximate surface area is 142 Å². The highest BCUT2D eigenvalue weighted by atomic mass is 35.5. The molecule has 1 N–H and O–H groups in total. The summed E-state index contributed by atoms with van der Waals surface area (Å²) in [6, 6.07) is 8.11. The van der Waals surface area contributed by atoms with E-state index in [4.69, 9.17) is 16.3 Å². The van der Waals surface area contributed by atoms with E-state index in [9.17, 15) is 13.6 Å². The van der Waals surface area contributed by atoms with Gasteiger partial charge in [0.1, 0.15) is 24.0 Å². The molecule has 0 fully saturated rings.